The highest BCUT2D eigenvalue weighted by atomic mass is 16.5. The average Bonchev–Trinajstić information content (AvgIpc) is 2.82. The number of allylic oxidation sites excluding steroid dienone is 2. The Kier molecular flexibility index (Phi) is 8.14. The van der Waals surface area contributed by atoms with Crippen LogP contribution in [0.2, 0.25) is 0 Å². The average molecular weight is 444 g/mol. The largest absolute Gasteiger partial charge is 0.461 e. The van der Waals surface area contributed by atoms with Crippen molar-refractivity contribution in [1.82, 2.24) is 10.3 Å². The van der Waals surface area contributed by atoms with Crippen LogP contribution in [0, 0.1) is 11.3 Å². The summed E-state index contributed by atoms with van der Waals surface area (Å²) < 4.78 is 10.8. The summed E-state index contributed by atoms with van der Waals surface area (Å²) in [5, 5.41) is 11.9. The number of nitrogens with one attached hydrogen (secondary N) is 1. The number of nitriles is 1. The second-order valence-corrected chi connectivity index (χ2v) is 7.37. The molecule has 7 nitrogen and oxygen atoms in total. The second-order valence-electron chi connectivity index (χ2n) is 7.37. The maximum atomic E-state index is 13.2. The zero-order chi connectivity index (χ0) is 23.6. The smallest absolute Gasteiger partial charge is 0.337 e. The van der Waals surface area contributed by atoms with Gasteiger partial charge in [-0.25, -0.2) is 9.59 Å². The fourth-order valence-electron chi connectivity index (χ4n) is 3.64. The lowest BCUT2D eigenvalue weighted by Gasteiger charge is -2.30. The van der Waals surface area contributed by atoms with Crippen molar-refractivity contribution in [3.05, 3.63) is 94.6 Å². The van der Waals surface area contributed by atoms with Gasteiger partial charge in [0.25, 0.3) is 0 Å². The Morgan fingerprint density at radius 2 is 1.67 bits per heavy atom. The highest BCUT2D eigenvalue weighted by molar-refractivity contribution is 5.99. The lowest BCUT2D eigenvalue weighted by molar-refractivity contribution is -0.139. The molecule has 0 radical (unpaired) electrons. The van der Waals surface area contributed by atoms with Crippen LogP contribution >= 0.6 is 0 Å². The molecular formula is C26H25N3O4. The molecule has 0 fully saturated rings. The van der Waals surface area contributed by atoms with E-state index in [4.69, 9.17) is 14.7 Å². The molecule has 0 aliphatic carbocycles. The lowest BCUT2D eigenvalue weighted by atomic mass is 9.81. The number of hydrogen-bond donors (Lipinski definition) is 1. The van der Waals surface area contributed by atoms with E-state index in [1.165, 1.54) is 0 Å². The van der Waals surface area contributed by atoms with Crippen LogP contribution in [-0.2, 0) is 19.1 Å². The Balaban J connectivity index is 1.85. The summed E-state index contributed by atoms with van der Waals surface area (Å²) in [5.74, 6) is -1.80. The van der Waals surface area contributed by atoms with E-state index in [-0.39, 0.29) is 19.6 Å². The van der Waals surface area contributed by atoms with Crippen LogP contribution in [0.25, 0.3) is 6.08 Å². The number of carbonyl (C=O) groups excluding carboxylic acids is 2. The topological polar surface area (TPSA) is 101 Å². The summed E-state index contributed by atoms with van der Waals surface area (Å²) in [6.45, 7) is 3.58. The van der Waals surface area contributed by atoms with Gasteiger partial charge in [-0.3, -0.25) is 4.98 Å². The van der Waals surface area contributed by atoms with E-state index >= 15 is 0 Å². The van der Waals surface area contributed by atoms with Crippen molar-refractivity contribution in [2.75, 3.05) is 13.2 Å². The summed E-state index contributed by atoms with van der Waals surface area (Å²) >= 11 is 0. The molecule has 0 saturated heterocycles. The Morgan fingerprint density at radius 3 is 2.30 bits per heavy atom. The number of carbonyl (C=O) groups is 2. The molecule has 1 N–H and O–H groups in total. The Labute approximate surface area is 193 Å². The van der Waals surface area contributed by atoms with Crippen LogP contribution in [0.3, 0.4) is 0 Å². The van der Waals surface area contributed by atoms with Crippen LogP contribution in [0.1, 0.15) is 37.3 Å². The summed E-state index contributed by atoms with van der Waals surface area (Å²) in [4.78, 5) is 30.1. The fraction of sp³-hybridized carbons (Fsp3) is 0.231. The van der Waals surface area contributed by atoms with Crippen LogP contribution in [-0.4, -0.2) is 30.1 Å². The normalized spacial score (nSPS) is 15.7. The molecule has 1 aromatic carbocycles. The zero-order valence-electron chi connectivity index (χ0n) is 18.6. The van der Waals surface area contributed by atoms with E-state index < -0.39 is 17.9 Å². The molecule has 2 aromatic rings. The first kappa shape index (κ1) is 23.5. The highest BCUT2D eigenvalue weighted by Gasteiger charge is 2.37. The standard InChI is InChI=1S/C26H25N3O4/c1-18-22(25(30)32-16-6-10-20-8-4-3-5-9-20)24(21-11-14-28-15-12-21)23(19(2)29-18)26(31)33-17-7-13-27/h3-6,8-12,14-15,24,29H,7,16-17H2,1-2H3. The number of dihydropyridines is 1. The second kappa shape index (κ2) is 11.4. The van der Waals surface area contributed by atoms with Gasteiger partial charge in [-0.1, -0.05) is 36.4 Å². The van der Waals surface area contributed by atoms with Gasteiger partial charge in [-0.05, 0) is 43.2 Å². The molecule has 1 unspecified atom stereocenters. The molecule has 33 heavy (non-hydrogen) atoms. The number of aromatic nitrogens is 1. The number of ether oxygens (including phenoxy) is 2. The minimum atomic E-state index is -0.686. The molecule has 0 saturated carbocycles. The van der Waals surface area contributed by atoms with E-state index in [9.17, 15) is 9.59 Å². The van der Waals surface area contributed by atoms with Crippen molar-refractivity contribution >= 4 is 18.0 Å². The van der Waals surface area contributed by atoms with Crippen molar-refractivity contribution in [3.8, 4) is 6.07 Å². The van der Waals surface area contributed by atoms with Gasteiger partial charge >= 0.3 is 11.9 Å². The number of esters is 2. The SMILES string of the molecule is CC1=C(C(=O)OCC=Cc2ccccc2)C(c2ccncc2)C(C(=O)OCCC#N)=C(C)N1. The molecule has 168 valence electrons. The van der Waals surface area contributed by atoms with Crippen LogP contribution in [0.5, 0.6) is 0 Å². The Bertz CT molecular complexity index is 1130. The molecule has 1 aromatic heterocycles. The van der Waals surface area contributed by atoms with E-state index in [1.807, 2.05) is 42.5 Å². The summed E-state index contributed by atoms with van der Waals surface area (Å²) in [6, 6.07) is 15.1. The van der Waals surface area contributed by atoms with E-state index in [1.54, 1.807) is 44.4 Å². The number of nitrogens with zero attached hydrogens (tertiary/aromatic N) is 2. The monoisotopic (exact) mass is 443 g/mol. The molecule has 1 atom stereocenters. The Hall–Kier alpha value is -4.18. The van der Waals surface area contributed by atoms with Gasteiger partial charge in [0.1, 0.15) is 13.2 Å². The highest BCUT2D eigenvalue weighted by Crippen LogP contribution is 2.39. The third kappa shape index (κ3) is 5.95. The minimum absolute atomic E-state index is 0.0259. The molecule has 3 rings (SSSR count). The van der Waals surface area contributed by atoms with Crippen LogP contribution < -0.4 is 5.32 Å². The number of benzene rings is 1. The molecule has 1 aliphatic rings. The fourth-order valence-corrected chi connectivity index (χ4v) is 3.64. The van der Waals surface area contributed by atoms with Gasteiger partial charge in [-0.15, -0.1) is 0 Å². The Morgan fingerprint density at radius 1 is 1.03 bits per heavy atom. The molecule has 1 aliphatic heterocycles. The molecule has 0 bridgehead atoms. The van der Waals surface area contributed by atoms with Crippen molar-refractivity contribution in [1.29, 1.82) is 5.26 Å². The van der Waals surface area contributed by atoms with Gasteiger partial charge < -0.3 is 14.8 Å². The molecule has 2 heterocycles. The summed E-state index contributed by atoms with van der Waals surface area (Å²) in [6.07, 6.45) is 6.93. The number of hydrogen-bond acceptors (Lipinski definition) is 7. The van der Waals surface area contributed by atoms with Crippen LogP contribution in [0.15, 0.2) is 83.5 Å². The lowest BCUT2D eigenvalue weighted by Crippen LogP contribution is -2.32. The third-order valence-corrected chi connectivity index (χ3v) is 5.11. The van der Waals surface area contributed by atoms with E-state index in [0.717, 1.165) is 5.56 Å². The van der Waals surface area contributed by atoms with E-state index in [2.05, 4.69) is 10.3 Å². The maximum absolute atomic E-state index is 13.2. The molecular weight excluding hydrogens is 418 g/mol. The van der Waals surface area contributed by atoms with Gasteiger partial charge in [0.05, 0.1) is 29.6 Å². The van der Waals surface area contributed by atoms with Gasteiger partial charge in [0, 0.05) is 23.8 Å². The van der Waals surface area contributed by atoms with Crippen molar-refractivity contribution in [2.45, 2.75) is 26.2 Å². The predicted molar refractivity (Wildman–Crippen MR) is 123 cm³/mol. The van der Waals surface area contributed by atoms with Gasteiger partial charge in [0.15, 0.2) is 0 Å². The van der Waals surface area contributed by atoms with Crippen molar-refractivity contribution < 1.29 is 19.1 Å². The minimum Gasteiger partial charge on any atom is -0.461 e. The van der Waals surface area contributed by atoms with Crippen molar-refractivity contribution in [2.24, 2.45) is 0 Å². The zero-order valence-corrected chi connectivity index (χ0v) is 18.6. The summed E-state index contributed by atoms with van der Waals surface area (Å²) in [7, 11) is 0. The number of rotatable bonds is 8. The van der Waals surface area contributed by atoms with E-state index in [0.29, 0.717) is 28.1 Å². The van der Waals surface area contributed by atoms with Crippen molar-refractivity contribution in [3.63, 3.8) is 0 Å². The predicted octanol–water partition coefficient (Wildman–Crippen LogP) is 4.03. The first-order valence-electron chi connectivity index (χ1n) is 10.5. The molecule has 0 spiro atoms. The molecule has 0 amide bonds. The summed E-state index contributed by atoms with van der Waals surface area (Å²) in [5.41, 5.74) is 3.52. The first-order chi connectivity index (χ1) is 16.0. The van der Waals surface area contributed by atoms with Gasteiger partial charge in [0.2, 0.25) is 0 Å². The van der Waals surface area contributed by atoms with Crippen LogP contribution in [0.4, 0.5) is 0 Å². The van der Waals surface area contributed by atoms with Gasteiger partial charge in [-0.2, -0.15) is 5.26 Å². The molecule has 7 heteroatoms. The quantitative estimate of drug-likeness (QED) is 0.485. The maximum Gasteiger partial charge on any atom is 0.337 e. The number of pyridine rings is 1. The third-order valence-electron chi connectivity index (χ3n) is 5.11. The first-order valence-corrected chi connectivity index (χ1v) is 10.5.